The number of benzene rings is 1. The van der Waals surface area contributed by atoms with E-state index in [1.165, 1.54) is 5.56 Å². The molecule has 1 aromatic heterocycles. The quantitative estimate of drug-likeness (QED) is 0.728. The van der Waals surface area contributed by atoms with Gasteiger partial charge in [-0.2, -0.15) is 0 Å². The van der Waals surface area contributed by atoms with Crippen LogP contribution in [0.1, 0.15) is 23.7 Å². The van der Waals surface area contributed by atoms with Crippen LogP contribution in [0.2, 0.25) is 0 Å². The summed E-state index contributed by atoms with van der Waals surface area (Å²) in [6.45, 7) is 2.67. The summed E-state index contributed by atoms with van der Waals surface area (Å²) >= 11 is 1.05. The van der Waals surface area contributed by atoms with Crippen molar-refractivity contribution in [2.45, 2.75) is 31.4 Å². The second kappa shape index (κ2) is 9.59. The molecule has 2 amide bonds. The topological polar surface area (TPSA) is 68.3 Å². The van der Waals surface area contributed by atoms with E-state index in [9.17, 15) is 9.59 Å². The Morgan fingerprint density at radius 3 is 2.42 bits per heavy atom. The molecule has 5 nitrogen and oxygen atoms in total. The van der Waals surface area contributed by atoms with Crippen LogP contribution in [0.5, 0.6) is 5.75 Å². The molecule has 0 aliphatic carbocycles. The number of imide groups is 1. The SMILES string of the molecule is CCc1ccc(CCOc2ccc(CC3SC(=O)NC3=O)cc2)nc1.[Cl-]. The van der Waals surface area contributed by atoms with Gasteiger partial charge in [0.25, 0.3) is 5.24 Å². The number of aromatic nitrogens is 1. The van der Waals surface area contributed by atoms with Gasteiger partial charge < -0.3 is 17.1 Å². The van der Waals surface area contributed by atoms with E-state index in [1.807, 2.05) is 36.5 Å². The number of halogens is 1. The number of nitrogens with zero attached hydrogens (tertiary/aromatic N) is 1. The normalized spacial score (nSPS) is 16.1. The maximum atomic E-state index is 11.6. The summed E-state index contributed by atoms with van der Waals surface area (Å²) in [6, 6.07) is 11.8. The van der Waals surface area contributed by atoms with Crippen LogP contribution in [0.25, 0.3) is 0 Å². The number of aryl methyl sites for hydroxylation is 1. The summed E-state index contributed by atoms with van der Waals surface area (Å²) in [5, 5.41) is 1.70. The number of nitrogens with one attached hydrogen (secondary N) is 1. The first-order valence-electron chi connectivity index (χ1n) is 8.31. The number of rotatable bonds is 7. The van der Waals surface area contributed by atoms with E-state index in [0.717, 1.165) is 41.6 Å². The molecule has 7 heteroatoms. The van der Waals surface area contributed by atoms with Gasteiger partial charge in [-0.1, -0.05) is 36.9 Å². The third kappa shape index (κ3) is 5.47. The molecule has 0 saturated carbocycles. The van der Waals surface area contributed by atoms with Crippen LogP contribution in [0.4, 0.5) is 4.79 Å². The third-order valence-electron chi connectivity index (χ3n) is 4.03. The van der Waals surface area contributed by atoms with Crippen LogP contribution in [-0.4, -0.2) is 28.0 Å². The van der Waals surface area contributed by atoms with E-state index >= 15 is 0 Å². The zero-order valence-corrected chi connectivity index (χ0v) is 16.0. The minimum absolute atomic E-state index is 0. The van der Waals surface area contributed by atoms with Gasteiger partial charge >= 0.3 is 0 Å². The maximum absolute atomic E-state index is 11.6. The van der Waals surface area contributed by atoms with E-state index < -0.39 is 0 Å². The molecule has 2 heterocycles. The summed E-state index contributed by atoms with van der Waals surface area (Å²) in [4.78, 5) is 27.2. The first kappa shape index (κ1) is 20.3. The summed E-state index contributed by atoms with van der Waals surface area (Å²) in [6.07, 6.45) is 4.19. The number of thioether (sulfide) groups is 1. The van der Waals surface area contributed by atoms with Crippen molar-refractivity contribution in [1.29, 1.82) is 0 Å². The Hall–Kier alpha value is -2.05. The minimum Gasteiger partial charge on any atom is -1.00 e. The van der Waals surface area contributed by atoms with Crippen LogP contribution in [-0.2, 0) is 24.1 Å². The first-order chi connectivity index (χ1) is 12.1. The number of amides is 2. The fraction of sp³-hybridized carbons (Fsp3) is 0.316. The number of ether oxygens (including phenoxy) is 1. The average molecular weight is 392 g/mol. The Morgan fingerprint density at radius 1 is 1.12 bits per heavy atom. The summed E-state index contributed by atoms with van der Waals surface area (Å²) in [5.74, 6) is 0.574. The number of carbonyl (C=O) groups is 2. The lowest BCUT2D eigenvalue weighted by atomic mass is 10.1. The van der Waals surface area contributed by atoms with Gasteiger partial charge in [-0.3, -0.25) is 19.9 Å². The number of pyridine rings is 1. The lowest BCUT2D eigenvalue weighted by molar-refractivity contribution is -0.118. The summed E-state index contributed by atoms with van der Waals surface area (Å²) < 4.78 is 5.75. The van der Waals surface area contributed by atoms with Crippen molar-refractivity contribution in [3.8, 4) is 5.75 Å². The van der Waals surface area contributed by atoms with E-state index in [2.05, 4.69) is 23.3 Å². The first-order valence-corrected chi connectivity index (χ1v) is 9.19. The van der Waals surface area contributed by atoms with Gasteiger partial charge in [0.15, 0.2) is 0 Å². The minimum atomic E-state index is -0.337. The molecule has 26 heavy (non-hydrogen) atoms. The van der Waals surface area contributed by atoms with Crippen molar-refractivity contribution in [2.75, 3.05) is 6.61 Å². The van der Waals surface area contributed by atoms with Gasteiger partial charge in [-0.05, 0) is 42.2 Å². The Balaban J connectivity index is 0.00000243. The fourth-order valence-corrected chi connectivity index (χ4v) is 3.41. The average Bonchev–Trinajstić information content (AvgIpc) is 2.94. The molecule has 0 bridgehead atoms. The fourth-order valence-electron chi connectivity index (χ4n) is 2.55. The van der Waals surface area contributed by atoms with E-state index in [0.29, 0.717) is 13.0 Å². The van der Waals surface area contributed by atoms with Crippen molar-refractivity contribution >= 4 is 22.9 Å². The molecule has 1 N–H and O–H groups in total. The number of carbonyl (C=O) groups excluding carboxylic acids is 2. The molecular formula is C19H20ClN2O3S-. The molecule has 1 aliphatic heterocycles. The largest absolute Gasteiger partial charge is 1.00 e. The van der Waals surface area contributed by atoms with Crippen LogP contribution < -0.4 is 22.5 Å². The molecule has 1 saturated heterocycles. The van der Waals surface area contributed by atoms with E-state index in [-0.39, 0.29) is 28.8 Å². The Labute approximate surface area is 163 Å². The molecule has 1 atom stereocenters. The zero-order chi connectivity index (χ0) is 17.6. The molecule has 1 aliphatic rings. The second-order valence-electron chi connectivity index (χ2n) is 5.84. The van der Waals surface area contributed by atoms with Gasteiger partial charge in [0.2, 0.25) is 5.91 Å². The summed E-state index contributed by atoms with van der Waals surface area (Å²) in [5.41, 5.74) is 3.25. The zero-order valence-electron chi connectivity index (χ0n) is 14.4. The van der Waals surface area contributed by atoms with E-state index in [4.69, 9.17) is 4.74 Å². The molecule has 0 radical (unpaired) electrons. The van der Waals surface area contributed by atoms with Gasteiger partial charge in [0.05, 0.1) is 11.9 Å². The molecule has 2 aromatic rings. The lowest BCUT2D eigenvalue weighted by Gasteiger charge is -2.09. The third-order valence-corrected chi connectivity index (χ3v) is 5.01. The molecule has 138 valence electrons. The second-order valence-corrected chi connectivity index (χ2v) is 7.02. The van der Waals surface area contributed by atoms with Crippen LogP contribution >= 0.6 is 11.8 Å². The van der Waals surface area contributed by atoms with Crippen molar-refractivity contribution in [2.24, 2.45) is 0 Å². The van der Waals surface area contributed by atoms with Crippen molar-refractivity contribution in [3.05, 3.63) is 59.4 Å². The van der Waals surface area contributed by atoms with Gasteiger partial charge in [-0.25, -0.2) is 0 Å². The van der Waals surface area contributed by atoms with Crippen LogP contribution in [0.15, 0.2) is 42.6 Å². The highest BCUT2D eigenvalue weighted by atomic mass is 35.5. The van der Waals surface area contributed by atoms with E-state index in [1.54, 1.807) is 0 Å². The standard InChI is InChI=1S/C19H20N2O3S.ClH/c1-2-13-3-6-15(20-12-13)9-10-24-16-7-4-14(5-8-16)11-17-18(22)21-19(23)25-17;/h3-8,12,17H,2,9-11H2,1H3,(H,21,22,23);1H/p-1. The molecule has 0 spiro atoms. The van der Waals surface area contributed by atoms with Crippen molar-refractivity contribution in [3.63, 3.8) is 0 Å². The Kier molecular flexibility index (Phi) is 7.48. The van der Waals surface area contributed by atoms with Gasteiger partial charge in [0, 0.05) is 18.3 Å². The lowest BCUT2D eigenvalue weighted by Crippen LogP contribution is -3.00. The molecule has 3 rings (SSSR count). The van der Waals surface area contributed by atoms with Crippen LogP contribution in [0.3, 0.4) is 0 Å². The number of hydrogen-bond donors (Lipinski definition) is 1. The Morgan fingerprint density at radius 2 is 1.85 bits per heavy atom. The molecule has 1 fully saturated rings. The van der Waals surface area contributed by atoms with Crippen LogP contribution in [0, 0.1) is 0 Å². The highest BCUT2D eigenvalue weighted by Crippen LogP contribution is 2.23. The predicted octanol–water partition coefficient (Wildman–Crippen LogP) is 0.164. The Bertz CT molecular complexity index is 750. The van der Waals surface area contributed by atoms with Gasteiger partial charge in [0.1, 0.15) is 5.75 Å². The van der Waals surface area contributed by atoms with Gasteiger partial charge in [-0.15, -0.1) is 0 Å². The molecule has 1 unspecified atom stereocenters. The summed E-state index contributed by atoms with van der Waals surface area (Å²) in [7, 11) is 0. The van der Waals surface area contributed by atoms with Crippen molar-refractivity contribution in [1.82, 2.24) is 10.3 Å². The number of hydrogen-bond acceptors (Lipinski definition) is 5. The highest BCUT2D eigenvalue weighted by molar-refractivity contribution is 8.15. The molecular weight excluding hydrogens is 372 g/mol. The monoisotopic (exact) mass is 391 g/mol. The maximum Gasteiger partial charge on any atom is 0.286 e. The van der Waals surface area contributed by atoms with Crippen molar-refractivity contribution < 1.29 is 26.7 Å². The smallest absolute Gasteiger partial charge is 0.286 e. The predicted molar refractivity (Wildman–Crippen MR) is 97.9 cm³/mol. The molecule has 1 aromatic carbocycles. The highest BCUT2D eigenvalue weighted by Gasteiger charge is 2.31.